The largest absolute Gasteiger partial charge is 0.465 e. The van der Waals surface area contributed by atoms with Gasteiger partial charge in [-0.1, -0.05) is 51.8 Å². The summed E-state index contributed by atoms with van der Waals surface area (Å²) in [5.41, 5.74) is 3.62. The Labute approximate surface area is 194 Å². The third-order valence-corrected chi connectivity index (χ3v) is 5.42. The first-order valence-corrected chi connectivity index (χ1v) is 12.2. The van der Waals surface area contributed by atoms with Crippen LogP contribution in [-0.4, -0.2) is 23.4 Å². The summed E-state index contributed by atoms with van der Waals surface area (Å²) in [6.07, 6.45) is 12.3. The predicted molar refractivity (Wildman–Crippen MR) is 135 cm³/mol. The molecule has 1 aromatic rings. The van der Waals surface area contributed by atoms with Gasteiger partial charge in [-0.3, -0.25) is 0 Å². The Bertz CT molecular complexity index is 715. The van der Waals surface area contributed by atoms with Crippen molar-refractivity contribution in [1.82, 2.24) is 5.32 Å². The van der Waals surface area contributed by atoms with E-state index in [9.17, 15) is 0 Å². The third-order valence-electron chi connectivity index (χ3n) is 5.19. The maximum absolute atomic E-state index is 8.99. The summed E-state index contributed by atoms with van der Waals surface area (Å²) in [4.78, 5) is 0. The number of allylic oxidation sites excluding steroid dienone is 2. The summed E-state index contributed by atoms with van der Waals surface area (Å²) in [5, 5.41) is 12.4. The van der Waals surface area contributed by atoms with E-state index in [-0.39, 0.29) is 12.5 Å². The van der Waals surface area contributed by atoms with Crippen LogP contribution in [0.4, 0.5) is 0 Å². The minimum absolute atomic E-state index is 0.122. The molecule has 0 spiro atoms. The van der Waals surface area contributed by atoms with Crippen molar-refractivity contribution in [3.63, 3.8) is 0 Å². The van der Waals surface area contributed by atoms with E-state index in [1.54, 1.807) is 0 Å². The molecule has 4 nitrogen and oxygen atoms in total. The average molecular weight is 448 g/mol. The van der Waals surface area contributed by atoms with E-state index in [1.807, 2.05) is 13.8 Å². The Morgan fingerprint density at radius 3 is 2.65 bits per heavy atom. The lowest BCUT2D eigenvalue weighted by Gasteiger charge is -2.25. The number of aliphatic hydroxyl groups is 1. The van der Waals surface area contributed by atoms with E-state index < -0.39 is 0 Å². The Morgan fingerprint density at radius 2 is 2.00 bits per heavy atom. The molecule has 1 aromatic carbocycles. The highest BCUT2D eigenvalue weighted by atomic mass is 32.1. The molecule has 0 heterocycles. The topological polar surface area (TPSA) is 50.7 Å². The summed E-state index contributed by atoms with van der Waals surface area (Å²) < 4.78 is 12.0. The summed E-state index contributed by atoms with van der Waals surface area (Å²) in [5.74, 6) is 1.80. The first-order valence-electron chi connectivity index (χ1n) is 11.8. The van der Waals surface area contributed by atoms with Gasteiger partial charge in [0.1, 0.15) is 11.5 Å². The smallest absolute Gasteiger partial charge is 0.262 e. The van der Waals surface area contributed by atoms with Gasteiger partial charge in [-0.2, -0.15) is 0 Å². The van der Waals surface area contributed by atoms with E-state index in [0.717, 1.165) is 49.2 Å². The standard InChI is InChI=1S/C24H35NO3S.C2H6/c1-4-6-7-11-19-16-21(27-5-2)23(20-12-8-10-18(3)15-20)22(17-19)28-24(29)25-13-9-14-26;1-2/h5,15-17,20,26H,2,4,6-14H2,1,3H3,(H,25,29);1-2H3. The Hall–Kier alpha value is -1.85. The van der Waals surface area contributed by atoms with E-state index in [0.29, 0.717) is 18.1 Å². The quantitative estimate of drug-likeness (QED) is 0.169. The van der Waals surface area contributed by atoms with Crippen molar-refractivity contribution >= 4 is 17.4 Å². The van der Waals surface area contributed by atoms with Gasteiger partial charge >= 0.3 is 0 Å². The molecule has 5 heteroatoms. The van der Waals surface area contributed by atoms with Crippen LogP contribution in [-0.2, 0) is 6.42 Å². The number of aliphatic hydroxyl groups excluding tert-OH is 1. The molecule has 0 fully saturated rings. The van der Waals surface area contributed by atoms with E-state index in [2.05, 4.69) is 44.0 Å². The van der Waals surface area contributed by atoms with Gasteiger partial charge in [-0.05, 0) is 75.4 Å². The third kappa shape index (κ3) is 9.44. The van der Waals surface area contributed by atoms with Crippen molar-refractivity contribution in [2.75, 3.05) is 13.2 Å². The number of aryl methyl sites for hydroxylation is 1. The average Bonchev–Trinajstić information content (AvgIpc) is 2.76. The molecule has 0 saturated heterocycles. The zero-order valence-electron chi connectivity index (χ0n) is 19.8. The van der Waals surface area contributed by atoms with Gasteiger partial charge in [0.25, 0.3) is 5.17 Å². The second kappa shape index (κ2) is 15.9. The molecule has 31 heavy (non-hydrogen) atoms. The Balaban J connectivity index is 0.00000233. The minimum atomic E-state index is 0.122. The van der Waals surface area contributed by atoms with Crippen LogP contribution in [0.15, 0.2) is 36.6 Å². The molecule has 0 aliphatic heterocycles. The number of unbranched alkanes of at least 4 members (excludes halogenated alkanes) is 2. The fourth-order valence-corrected chi connectivity index (χ4v) is 3.95. The van der Waals surface area contributed by atoms with Gasteiger partial charge in [0.05, 0.1) is 6.26 Å². The van der Waals surface area contributed by atoms with E-state index in [1.165, 1.54) is 30.2 Å². The first-order chi connectivity index (χ1) is 15.1. The van der Waals surface area contributed by atoms with Crippen LogP contribution in [0.2, 0.25) is 0 Å². The fraction of sp³-hybridized carbons (Fsp3) is 0.577. The Kier molecular flexibility index (Phi) is 13.9. The maximum Gasteiger partial charge on any atom is 0.262 e. The Morgan fingerprint density at radius 1 is 1.26 bits per heavy atom. The van der Waals surface area contributed by atoms with Crippen molar-refractivity contribution in [3.8, 4) is 11.5 Å². The van der Waals surface area contributed by atoms with Gasteiger partial charge < -0.3 is 19.9 Å². The summed E-state index contributed by atoms with van der Waals surface area (Å²) >= 11 is 5.40. The molecular weight excluding hydrogens is 406 g/mol. The summed E-state index contributed by atoms with van der Waals surface area (Å²) in [6.45, 7) is 12.9. The normalized spacial score (nSPS) is 15.3. The lowest BCUT2D eigenvalue weighted by Crippen LogP contribution is -2.28. The van der Waals surface area contributed by atoms with Crippen LogP contribution in [0.25, 0.3) is 0 Å². The highest BCUT2D eigenvalue weighted by Gasteiger charge is 2.24. The van der Waals surface area contributed by atoms with Gasteiger partial charge in [0.15, 0.2) is 0 Å². The first kappa shape index (κ1) is 27.2. The predicted octanol–water partition coefficient (Wildman–Crippen LogP) is 6.82. The molecule has 1 atom stereocenters. The molecule has 2 N–H and O–H groups in total. The molecule has 1 aliphatic rings. The zero-order valence-corrected chi connectivity index (χ0v) is 20.7. The lowest BCUT2D eigenvalue weighted by atomic mass is 9.84. The van der Waals surface area contributed by atoms with Gasteiger partial charge in [-0.15, -0.1) is 0 Å². The number of benzene rings is 1. The number of nitrogens with one attached hydrogen (secondary N) is 1. The van der Waals surface area contributed by atoms with Crippen molar-refractivity contribution in [2.24, 2.45) is 0 Å². The van der Waals surface area contributed by atoms with Crippen molar-refractivity contribution in [3.05, 3.63) is 47.7 Å². The molecule has 0 saturated carbocycles. The molecule has 2 rings (SSSR count). The lowest BCUT2D eigenvalue weighted by molar-refractivity contribution is 0.288. The minimum Gasteiger partial charge on any atom is -0.465 e. The number of thiocarbonyl (C=S) groups is 1. The molecule has 174 valence electrons. The summed E-state index contributed by atoms with van der Waals surface area (Å²) in [6, 6.07) is 4.23. The highest BCUT2D eigenvalue weighted by molar-refractivity contribution is 7.80. The highest BCUT2D eigenvalue weighted by Crippen LogP contribution is 2.43. The molecule has 0 radical (unpaired) electrons. The molecule has 1 aliphatic carbocycles. The van der Waals surface area contributed by atoms with Crippen molar-refractivity contribution < 1.29 is 14.6 Å². The second-order valence-corrected chi connectivity index (χ2v) is 8.02. The number of hydrogen-bond donors (Lipinski definition) is 2. The van der Waals surface area contributed by atoms with Crippen molar-refractivity contribution in [2.45, 2.75) is 85.0 Å². The molecule has 0 amide bonds. The van der Waals surface area contributed by atoms with Crippen molar-refractivity contribution in [1.29, 1.82) is 0 Å². The van der Waals surface area contributed by atoms with Crippen LogP contribution >= 0.6 is 12.2 Å². The van der Waals surface area contributed by atoms with Crippen LogP contribution in [0.1, 0.15) is 89.7 Å². The fourth-order valence-electron chi connectivity index (χ4n) is 3.76. The van der Waals surface area contributed by atoms with E-state index in [4.69, 9.17) is 26.8 Å². The number of hydrogen-bond acceptors (Lipinski definition) is 4. The SMILES string of the molecule is C=COc1cc(CCCCC)cc(OC(=S)NCCCO)c1C1C=C(C)CCC1.CC. The summed E-state index contributed by atoms with van der Waals surface area (Å²) in [7, 11) is 0. The van der Waals surface area contributed by atoms with Crippen LogP contribution < -0.4 is 14.8 Å². The van der Waals surface area contributed by atoms with E-state index >= 15 is 0 Å². The maximum atomic E-state index is 8.99. The van der Waals surface area contributed by atoms with Crippen LogP contribution in [0.3, 0.4) is 0 Å². The molecule has 0 bridgehead atoms. The van der Waals surface area contributed by atoms with Crippen LogP contribution in [0, 0.1) is 0 Å². The monoisotopic (exact) mass is 447 g/mol. The molecule has 0 aromatic heterocycles. The second-order valence-electron chi connectivity index (χ2n) is 7.65. The van der Waals surface area contributed by atoms with Gasteiger partial charge in [-0.25, -0.2) is 0 Å². The zero-order chi connectivity index (χ0) is 23.1. The number of rotatable bonds is 11. The molecular formula is C26H41NO3S. The molecule has 1 unspecified atom stereocenters. The number of ether oxygens (including phenoxy) is 2. The van der Waals surface area contributed by atoms with Crippen LogP contribution in [0.5, 0.6) is 11.5 Å². The van der Waals surface area contributed by atoms with Gasteiger partial charge in [0, 0.05) is 24.6 Å². The van der Waals surface area contributed by atoms with Gasteiger partial charge in [0.2, 0.25) is 0 Å².